The first-order chi connectivity index (χ1) is 24.6. The molecule has 0 aromatic carbocycles. The number of rotatable bonds is 10. The molecule has 0 radical (unpaired) electrons. The number of hydrogen-bond donors (Lipinski definition) is 3. The second kappa shape index (κ2) is 24.9. The molecule has 280 valence electrons. The Morgan fingerprint density at radius 3 is 2.27 bits per heavy atom. The van der Waals surface area contributed by atoms with Gasteiger partial charge in [-0.1, -0.05) is 72.9 Å². The molecule has 51 heavy (non-hydrogen) atoms. The molecule has 1 aliphatic carbocycles. The van der Waals surface area contributed by atoms with Crippen molar-refractivity contribution >= 4 is 23.0 Å². The number of terminal acetylenes is 1. The third-order valence-electron chi connectivity index (χ3n) is 8.37. The quantitative estimate of drug-likeness (QED) is 0.0853. The highest BCUT2D eigenvalue weighted by atomic mass is 35.5. The summed E-state index contributed by atoms with van der Waals surface area (Å²) in [6.07, 6.45) is 11.5. The lowest BCUT2D eigenvalue weighted by atomic mass is 9.88. The summed E-state index contributed by atoms with van der Waals surface area (Å²) in [6.45, 7) is 27.2. The lowest BCUT2D eigenvalue weighted by Crippen LogP contribution is -2.29. The van der Waals surface area contributed by atoms with Crippen LogP contribution in [0.3, 0.4) is 0 Å². The third-order valence-corrected chi connectivity index (χ3v) is 8.85. The Balaban J connectivity index is 0.00000206. The van der Waals surface area contributed by atoms with Crippen molar-refractivity contribution in [3.63, 3.8) is 0 Å². The van der Waals surface area contributed by atoms with Crippen LogP contribution >= 0.6 is 11.6 Å². The average Bonchev–Trinajstić information content (AvgIpc) is 3.93. The molecule has 0 spiro atoms. The maximum atomic E-state index is 13.4. The van der Waals surface area contributed by atoms with E-state index in [4.69, 9.17) is 26.8 Å². The lowest BCUT2D eigenvalue weighted by molar-refractivity contribution is 0.0950. The molecule has 0 bridgehead atoms. The summed E-state index contributed by atoms with van der Waals surface area (Å²) < 4.78 is 1.95. The van der Waals surface area contributed by atoms with E-state index in [1.165, 1.54) is 18.4 Å². The minimum atomic E-state index is -0.0665. The summed E-state index contributed by atoms with van der Waals surface area (Å²) in [6, 6.07) is 12.0. The summed E-state index contributed by atoms with van der Waals surface area (Å²) >= 11 is 6.74. The van der Waals surface area contributed by atoms with Crippen LogP contribution in [-0.2, 0) is 0 Å². The van der Waals surface area contributed by atoms with Crippen LogP contribution in [0, 0.1) is 33.2 Å². The number of aliphatic hydroxyl groups excluding tert-OH is 1. The molecule has 0 saturated heterocycles. The van der Waals surface area contributed by atoms with Crippen LogP contribution in [0.15, 0.2) is 49.7 Å². The molecule has 1 saturated carbocycles. The Kier molecular flexibility index (Phi) is 22.8. The van der Waals surface area contributed by atoms with Gasteiger partial charge >= 0.3 is 0 Å². The van der Waals surface area contributed by atoms with Crippen LogP contribution in [0.5, 0.6) is 0 Å². The fraction of sp³-hybridized carbons (Fsp3) is 0.476. The number of carbonyl (C=O) groups is 1. The van der Waals surface area contributed by atoms with Gasteiger partial charge in [-0.2, -0.15) is 5.10 Å². The van der Waals surface area contributed by atoms with Crippen molar-refractivity contribution in [3.8, 4) is 23.7 Å². The summed E-state index contributed by atoms with van der Waals surface area (Å²) in [7, 11) is 1.00. The zero-order chi connectivity index (χ0) is 39.3. The normalized spacial score (nSPS) is 12.2. The molecule has 4 aromatic rings. The van der Waals surface area contributed by atoms with Crippen molar-refractivity contribution in [1.82, 2.24) is 24.9 Å². The second-order valence-electron chi connectivity index (χ2n) is 11.6. The topological polar surface area (TPSA) is 118 Å². The summed E-state index contributed by atoms with van der Waals surface area (Å²) in [4.78, 5) is 22.9. The Hall–Kier alpha value is -4.19. The van der Waals surface area contributed by atoms with Crippen molar-refractivity contribution in [3.05, 3.63) is 94.2 Å². The number of aryl methyl sites for hydroxylation is 2. The zero-order valence-corrected chi connectivity index (χ0v) is 33.8. The number of aliphatic hydroxyl groups is 1. The fourth-order valence-corrected chi connectivity index (χ4v) is 5.80. The summed E-state index contributed by atoms with van der Waals surface area (Å²) in [5.41, 5.74) is 14.2. The molecule has 5 rings (SSSR count). The van der Waals surface area contributed by atoms with Gasteiger partial charge in [0, 0.05) is 54.2 Å². The standard InChI is InChI=1S/C33H40ClN5O.C2H3N.2C2H6.C2H4.CH4O/c1-7-9-24(18-36-33(40)25-14-20(4)39-26(15-25)16-30(38-39)23-10-11-23)29-17-28(19(3)8-2)21(5)32(37-29)27-12-13-35-22(6)31(27)34;1-2-3;4*1-2/h12-17,19,23-24H,7-11,18H2,1-6H3,(H,36,40);1H,3H2;2*1-2H3;1-2H2;2H,1H3. The predicted molar refractivity (Wildman–Crippen MR) is 218 cm³/mol. The molecule has 4 heterocycles. The lowest BCUT2D eigenvalue weighted by Gasteiger charge is -2.23. The van der Waals surface area contributed by atoms with E-state index >= 15 is 0 Å². The Morgan fingerprint density at radius 2 is 1.73 bits per heavy atom. The van der Waals surface area contributed by atoms with E-state index in [0.717, 1.165) is 71.5 Å². The van der Waals surface area contributed by atoms with Gasteiger partial charge < -0.3 is 16.2 Å². The molecule has 1 fully saturated rings. The monoisotopic (exact) mass is 718 g/mol. The molecule has 8 nitrogen and oxygen atoms in total. The van der Waals surface area contributed by atoms with E-state index in [1.54, 1.807) is 12.2 Å². The van der Waals surface area contributed by atoms with Crippen molar-refractivity contribution in [1.29, 1.82) is 0 Å². The zero-order valence-electron chi connectivity index (χ0n) is 33.0. The van der Waals surface area contributed by atoms with Gasteiger partial charge in [0.05, 0.1) is 27.6 Å². The highest BCUT2D eigenvalue weighted by Crippen LogP contribution is 2.40. The number of nitrogens with zero attached hydrogens (tertiary/aromatic N) is 4. The summed E-state index contributed by atoms with van der Waals surface area (Å²) in [5, 5.41) is 15.6. The highest BCUT2D eigenvalue weighted by molar-refractivity contribution is 6.33. The van der Waals surface area contributed by atoms with Crippen LogP contribution < -0.4 is 11.1 Å². The molecule has 0 aliphatic heterocycles. The van der Waals surface area contributed by atoms with E-state index in [2.05, 4.69) is 75.4 Å². The first kappa shape index (κ1) is 46.8. The molecule has 9 heteroatoms. The van der Waals surface area contributed by atoms with Crippen molar-refractivity contribution in [2.45, 2.75) is 119 Å². The SMILES string of the molecule is C#CN.C=C.CC.CC.CCCC(CNC(=O)c1cc(C)n2nc(C3CC3)cc2c1)c1cc(C(C)CC)c(C)c(-c2ccnc(C)c2Cl)n1.CO. The smallest absolute Gasteiger partial charge is 0.251 e. The number of aromatic nitrogens is 4. The van der Waals surface area contributed by atoms with Gasteiger partial charge in [-0.25, -0.2) is 4.52 Å². The number of carbonyl (C=O) groups excluding carboxylic acids is 1. The van der Waals surface area contributed by atoms with Gasteiger partial charge in [-0.3, -0.25) is 14.8 Å². The van der Waals surface area contributed by atoms with Gasteiger partial charge in [-0.05, 0) is 99.9 Å². The van der Waals surface area contributed by atoms with Gasteiger partial charge in [0.2, 0.25) is 0 Å². The van der Waals surface area contributed by atoms with Gasteiger partial charge in [-0.15, -0.1) is 13.2 Å². The molecule has 4 aromatic heterocycles. The van der Waals surface area contributed by atoms with E-state index in [9.17, 15) is 4.79 Å². The maximum Gasteiger partial charge on any atom is 0.251 e. The summed E-state index contributed by atoms with van der Waals surface area (Å²) in [5.74, 6) is 0.969. The second-order valence-corrected chi connectivity index (χ2v) is 12.0. The Labute approximate surface area is 313 Å². The first-order valence-electron chi connectivity index (χ1n) is 18.2. The largest absolute Gasteiger partial charge is 0.400 e. The van der Waals surface area contributed by atoms with Crippen molar-refractivity contribution in [2.75, 3.05) is 13.7 Å². The molecule has 1 amide bonds. The molecular weight excluding hydrogens is 656 g/mol. The third kappa shape index (κ3) is 12.8. The molecule has 2 atom stereocenters. The number of nitrogens with two attached hydrogens (primary N) is 1. The van der Waals surface area contributed by atoms with E-state index in [-0.39, 0.29) is 11.8 Å². The number of nitrogens with one attached hydrogen (secondary N) is 1. The molecular formula is C42H63ClN6O2. The van der Waals surface area contributed by atoms with E-state index in [0.29, 0.717) is 29.0 Å². The van der Waals surface area contributed by atoms with Gasteiger partial charge in [0.1, 0.15) is 0 Å². The number of hydrogen-bond acceptors (Lipinski definition) is 6. The highest BCUT2D eigenvalue weighted by Gasteiger charge is 2.27. The number of pyridine rings is 3. The van der Waals surface area contributed by atoms with Gasteiger partial charge in [0.25, 0.3) is 5.91 Å². The average molecular weight is 719 g/mol. The van der Waals surface area contributed by atoms with Crippen LogP contribution in [0.4, 0.5) is 0 Å². The minimum absolute atomic E-state index is 0.0665. The fourth-order valence-electron chi connectivity index (χ4n) is 5.60. The van der Waals surface area contributed by atoms with Crippen LogP contribution in [0.25, 0.3) is 16.8 Å². The minimum Gasteiger partial charge on any atom is -0.400 e. The molecule has 1 aliphatic rings. The number of fused-ring (bicyclic) bond motifs is 1. The first-order valence-corrected chi connectivity index (χ1v) is 18.5. The maximum absolute atomic E-state index is 13.4. The van der Waals surface area contributed by atoms with Gasteiger partial charge in [0.15, 0.2) is 0 Å². The van der Waals surface area contributed by atoms with Crippen molar-refractivity contribution in [2.24, 2.45) is 5.73 Å². The predicted octanol–water partition coefficient (Wildman–Crippen LogP) is 10.1. The Bertz CT molecular complexity index is 1670. The van der Waals surface area contributed by atoms with Crippen LogP contribution in [-0.4, -0.2) is 44.3 Å². The number of halogens is 1. The van der Waals surface area contributed by atoms with Crippen LogP contribution in [0.1, 0.15) is 143 Å². The Morgan fingerprint density at radius 1 is 1.12 bits per heavy atom. The van der Waals surface area contributed by atoms with E-state index < -0.39 is 0 Å². The number of amides is 1. The van der Waals surface area contributed by atoms with E-state index in [1.807, 2.05) is 64.3 Å². The molecule has 2 unspecified atom stereocenters. The molecule has 4 N–H and O–H groups in total. The van der Waals surface area contributed by atoms with Crippen molar-refractivity contribution < 1.29 is 9.90 Å². The van der Waals surface area contributed by atoms with Crippen LogP contribution in [0.2, 0.25) is 5.02 Å².